The summed E-state index contributed by atoms with van der Waals surface area (Å²) in [6.45, 7) is 0. The van der Waals surface area contributed by atoms with Gasteiger partial charge in [-0.1, -0.05) is 34.8 Å². The largest absolute Gasteiger partial charge is 0.416 e. The Morgan fingerprint density at radius 3 is 2.16 bits per heavy atom. The van der Waals surface area contributed by atoms with E-state index in [1.165, 1.54) is 0 Å². The van der Waals surface area contributed by atoms with Crippen LogP contribution in [0.4, 0.5) is 17.6 Å². The molecule has 0 saturated heterocycles. The van der Waals surface area contributed by atoms with Gasteiger partial charge in [-0.15, -0.1) is 0 Å². The fraction of sp³-hybridized carbons (Fsp3) is 0.182. The Labute approximate surface area is 120 Å². The normalized spacial score (nSPS) is 13.0. The number of halogens is 7. The monoisotopic (exact) mass is 331 g/mol. The molecule has 2 aromatic rings. The van der Waals surface area contributed by atoms with Crippen LogP contribution in [0.2, 0.25) is 5.02 Å². The van der Waals surface area contributed by atoms with Crippen LogP contribution in [0.25, 0.3) is 10.9 Å². The average Bonchev–Trinajstić information content (AvgIpc) is 2.26. The van der Waals surface area contributed by atoms with Crippen molar-refractivity contribution < 1.29 is 17.6 Å². The predicted molar refractivity (Wildman–Crippen MR) is 66.2 cm³/mol. The van der Waals surface area contributed by atoms with Crippen LogP contribution in [0, 0.1) is 0 Å². The summed E-state index contributed by atoms with van der Waals surface area (Å²) in [7, 11) is 0. The molecule has 1 heterocycles. The number of benzene rings is 1. The Bertz CT molecular complexity index is 634. The van der Waals surface area contributed by atoms with E-state index in [1.54, 1.807) is 0 Å². The summed E-state index contributed by atoms with van der Waals surface area (Å²) in [6, 6.07) is 3.71. The number of aromatic nitrogens is 1. The summed E-state index contributed by atoms with van der Waals surface area (Å²) < 4.78 is 48.2. The standard InChI is InChI=1S/C11H4Cl3F4N/c12-7-4-9(10(13,14)15)19-8-2-1-5(3-6(7)8)11(16,17)18/h1-4H. The number of alkyl halides is 6. The zero-order valence-corrected chi connectivity index (χ0v) is 11.2. The molecule has 0 unspecified atom stereocenters. The Morgan fingerprint density at radius 2 is 1.63 bits per heavy atom. The molecule has 2 rings (SSSR count). The Morgan fingerprint density at radius 1 is 1.00 bits per heavy atom. The summed E-state index contributed by atoms with van der Waals surface area (Å²) in [5.74, 6) is 0. The minimum absolute atomic E-state index is 0.0397. The van der Waals surface area contributed by atoms with Gasteiger partial charge in [-0.3, -0.25) is 0 Å². The molecule has 0 bridgehead atoms. The van der Waals surface area contributed by atoms with E-state index in [4.69, 9.17) is 34.8 Å². The lowest BCUT2D eigenvalue weighted by Crippen LogP contribution is -2.07. The van der Waals surface area contributed by atoms with E-state index >= 15 is 0 Å². The van der Waals surface area contributed by atoms with Gasteiger partial charge in [0.1, 0.15) is 5.69 Å². The van der Waals surface area contributed by atoms with Gasteiger partial charge in [-0.2, -0.15) is 13.2 Å². The van der Waals surface area contributed by atoms with Crippen molar-refractivity contribution in [2.75, 3.05) is 0 Å². The van der Waals surface area contributed by atoms with E-state index in [2.05, 4.69) is 4.98 Å². The highest BCUT2D eigenvalue weighted by molar-refractivity contribution is 6.46. The summed E-state index contributed by atoms with van der Waals surface area (Å²) in [5, 5.41) is -0.0766. The predicted octanol–water partition coefficient (Wildman–Crippen LogP) is 5.46. The molecule has 1 nitrogen and oxygen atoms in total. The minimum Gasteiger partial charge on any atom is -0.247 e. The van der Waals surface area contributed by atoms with E-state index in [1.807, 2.05) is 0 Å². The van der Waals surface area contributed by atoms with Gasteiger partial charge in [0.25, 0.3) is 4.59 Å². The second kappa shape index (κ2) is 4.65. The molecule has 0 N–H and O–H groups in total. The van der Waals surface area contributed by atoms with E-state index in [0.717, 1.165) is 24.3 Å². The molecule has 8 heteroatoms. The maximum Gasteiger partial charge on any atom is 0.416 e. The molecule has 0 aliphatic rings. The molecule has 0 amide bonds. The molecule has 0 aliphatic carbocycles. The number of nitrogens with zero attached hydrogens (tertiary/aromatic N) is 1. The van der Waals surface area contributed by atoms with Gasteiger partial charge < -0.3 is 0 Å². The minimum atomic E-state index is -4.50. The van der Waals surface area contributed by atoms with Crippen molar-refractivity contribution in [2.45, 2.75) is 10.8 Å². The van der Waals surface area contributed by atoms with Gasteiger partial charge in [0.2, 0.25) is 0 Å². The van der Waals surface area contributed by atoms with Crippen molar-refractivity contribution in [3.05, 3.63) is 40.5 Å². The van der Waals surface area contributed by atoms with Gasteiger partial charge in [0, 0.05) is 5.39 Å². The van der Waals surface area contributed by atoms with Gasteiger partial charge in [-0.05, 0) is 24.3 Å². The van der Waals surface area contributed by atoms with Gasteiger partial charge in [-0.25, -0.2) is 9.37 Å². The van der Waals surface area contributed by atoms with Crippen LogP contribution in [-0.4, -0.2) is 4.98 Å². The quantitative estimate of drug-likeness (QED) is 0.499. The second-order valence-electron chi connectivity index (χ2n) is 3.72. The molecule has 0 atom stereocenters. The van der Waals surface area contributed by atoms with Gasteiger partial charge in [0.05, 0.1) is 16.1 Å². The highest BCUT2D eigenvalue weighted by Gasteiger charge is 2.32. The Kier molecular flexibility index (Phi) is 3.58. The first-order valence-corrected chi connectivity index (χ1v) is 5.97. The van der Waals surface area contributed by atoms with Crippen molar-refractivity contribution in [2.24, 2.45) is 0 Å². The van der Waals surface area contributed by atoms with Crippen LogP contribution < -0.4 is 0 Å². The van der Waals surface area contributed by atoms with Crippen molar-refractivity contribution in [3.8, 4) is 0 Å². The smallest absolute Gasteiger partial charge is 0.247 e. The van der Waals surface area contributed by atoms with Crippen molar-refractivity contribution >= 4 is 45.7 Å². The van der Waals surface area contributed by atoms with Crippen molar-refractivity contribution in [1.82, 2.24) is 4.98 Å². The molecule has 1 aromatic heterocycles. The van der Waals surface area contributed by atoms with Crippen LogP contribution in [0.15, 0.2) is 24.3 Å². The zero-order valence-electron chi connectivity index (χ0n) is 8.90. The summed E-state index contributed by atoms with van der Waals surface area (Å²) >= 11 is 16.3. The lowest BCUT2D eigenvalue weighted by molar-refractivity contribution is -0.137. The first-order chi connectivity index (χ1) is 8.59. The lowest BCUT2D eigenvalue weighted by Gasteiger charge is -2.12. The molecular formula is C11H4Cl3F4N. The maximum atomic E-state index is 13.3. The summed E-state index contributed by atoms with van der Waals surface area (Å²) in [6.07, 6.45) is -4.50. The third-order valence-electron chi connectivity index (χ3n) is 2.38. The maximum absolute atomic E-state index is 13.3. The molecule has 0 aliphatic heterocycles. The van der Waals surface area contributed by atoms with Gasteiger partial charge >= 0.3 is 6.18 Å². The fourth-order valence-electron chi connectivity index (χ4n) is 1.51. The van der Waals surface area contributed by atoms with Crippen LogP contribution in [0.1, 0.15) is 11.3 Å². The fourth-order valence-corrected chi connectivity index (χ4v) is 1.95. The second-order valence-corrected chi connectivity index (χ2v) is 5.36. The van der Waals surface area contributed by atoms with Crippen molar-refractivity contribution in [1.29, 1.82) is 0 Å². The summed E-state index contributed by atoms with van der Waals surface area (Å²) in [5.41, 5.74) is -1.19. The average molecular weight is 333 g/mol. The zero-order chi connectivity index (χ0) is 14.4. The van der Waals surface area contributed by atoms with Crippen LogP contribution in [-0.2, 0) is 10.8 Å². The van der Waals surface area contributed by atoms with E-state index < -0.39 is 16.3 Å². The Hall–Kier alpha value is -0.780. The molecule has 19 heavy (non-hydrogen) atoms. The van der Waals surface area contributed by atoms with E-state index in [0.29, 0.717) is 0 Å². The van der Waals surface area contributed by atoms with E-state index in [-0.39, 0.29) is 21.6 Å². The van der Waals surface area contributed by atoms with Crippen molar-refractivity contribution in [3.63, 3.8) is 0 Å². The number of hydrogen-bond acceptors (Lipinski definition) is 1. The van der Waals surface area contributed by atoms with Gasteiger partial charge in [0.15, 0.2) is 0 Å². The Balaban J connectivity index is 2.67. The molecule has 0 saturated carbocycles. The third kappa shape index (κ3) is 3.04. The SMILES string of the molecule is FC(F)(F)c1ccc2nc(C(F)(Cl)Cl)cc(Cl)c2c1. The molecular weight excluding hydrogens is 328 g/mol. The first kappa shape index (κ1) is 14.6. The molecule has 0 fully saturated rings. The van der Waals surface area contributed by atoms with Crippen LogP contribution >= 0.6 is 34.8 Å². The molecule has 0 spiro atoms. The lowest BCUT2D eigenvalue weighted by atomic mass is 10.1. The number of fused-ring (bicyclic) bond motifs is 1. The molecule has 1 aromatic carbocycles. The molecule has 102 valence electrons. The topological polar surface area (TPSA) is 12.9 Å². The number of pyridine rings is 1. The third-order valence-corrected chi connectivity index (χ3v) is 3.08. The summed E-state index contributed by atoms with van der Waals surface area (Å²) in [4.78, 5) is 3.74. The van der Waals surface area contributed by atoms with E-state index in [9.17, 15) is 17.6 Å². The highest BCUT2D eigenvalue weighted by Crippen LogP contribution is 2.38. The number of rotatable bonds is 1. The van der Waals surface area contributed by atoms with Crippen LogP contribution in [0.5, 0.6) is 0 Å². The van der Waals surface area contributed by atoms with Crippen LogP contribution in [0.3, 0.4) is 0 Å². The first-order valence-electron chi connectivity index (χ1n) is 4.84. The number of hydrogen-bond donors (Lipinski definition) is 0. The highest BCUT2D eigenvalue weighted by atomic mass is 35.5. The molecule has 0 radical (unpaired) electrons.